The normalized spacial score (nSPS) is 24.0. The molecule has 7 nitrogen and oxygen atoms in total. The lowest BCUT2D eigenvalue weighted by Crippen LogP contribution is -2.52. The zero-order chi connectivity index (χ0) is 26.2. The van der Waals surface area contributed by atoms with Gasteiger partial charge in [-0.25, -0.2) is 4.79 Å². The highest BCUT2D eigenvalue weighted by Gasteiger charge is 2.37. The zero-order valence-electron chi connectivity index (χ0n) is 23.1. The van der Waals surface area contributed by atoms with Gasteiger partial charge in [-0.3, -0.25) is 14.8 Å². The van der Waals surface area contributed by atoms with Crippen LogP contribution in [0, 0.1) is 0 Å². The van der Waals surface area contributed by atoms with E-state index in [4.69, 9.17) is 14.5 Å². The summed E-state index contributed by atoms with van der Waals surface area (Å²) in [6.07, 6.45) is 5.83. The summed E-state index contributed by atoms with van der Waals surface area (Å²) in [4.78, 5) is 25.1. The smallest absolute Gasteiger partial charge is 0.410 e. The van der Waals surface area contributed by atoms with Crippen molar-refractivity contribution in [2.45, 2.75) is 83.6 Å². The van der Waals surface area contributed by atoms with Gasteiger partial charge in [0, 0.05) is 37.6 Å². The van der Waals surface area contributed by atoms with E-state index in [-0.39, 0.29) is 18.2 Å². The average molecular weight is 507 g/mol. The summed E-state index contributed by atoms with van der Waals surface area (Å²) >= 11 is 0. The second-order valence-corrected chi connectivity index (χ2v) is 11.9. The molecule has 200 valence electrons. The molecule has 1 aliphatic carbocycles. The van der Waals surface area contributed by atoms with Gasteiger partial charge in [0.15, 0.2) is 0 Å². The topological polar surface area (TPSA) is 58.1 Å². The minimum atomic E-state index is -0.537. The van der Waals surface area contributed by atoms with Gasteiger partial charge < -0.3 is 14.4 Å². The molecule has 3 heterocycles. The number of nitrogens with zero attached hydrogens (tertiary/aromatic N) is 4. The van der Waals surface area contributed by atoms with Gasteiger partial charge in [-0.15, -0.1) is 0 Å². The third kappa shape index (κ3) is 5.63. The molecule has 2 aromatic rings. The molecule has 37 heavy (non-hydrogen) atoms. The number of anilines is 1. The number of likely N-dealkylation sites (N-methyl/N-ethyl adjacent to an activating group) is 1. The first-order chi connectivity index (χ1) is 17.7. The van der Waals surface area contributed by atoms with Crippen molar-refractivity contribution in [3.8, 4) is 0 Å². The molecule has 2 aliphatic heterocycles. The summed E-state index contributed by atoms with van der Waals surface area (Å²) in [5.41, 5.74) is 5.87. The maximum Gasteiger partial charge on any atom is 0.410 e. The molecule has 0 radical (unpaired) electrons. The lowest BCUT2D eigenvalue weighted by atomic mass is 9.89. The minimum absolute atomic E-state index is 0.0129. The Hall–Kier alpha value is -2.64. The minimum Gasteiger partial charge on any atom is -0.444 e. The van der Waals surface area contributed by atoms with Gasteiger partial charge in [0.2, 0.25) is 0 Å². The van der Waals surface area contributed by atoms with Crippen LogP contribution in [0.25, 0.3) is 0 Å². The van der Waals surface area contributed by atoms with Gasteiger partial charge >= 0.3 is 6.09 Å². The molecule has 3 aliphatic rings. The summed E-state index contributed by atoms with van der Waals surface area (Å²) in [6, 6.07) is 11.4. The number of morpholine rings is 1. The predicted molar refractivity (Wildman–Crippen MR) is 146 cm³/mol. The number of amides is 1. The predicted octanol–water partition coefficient (Wildman–Crippen LogP) is 4.98. The molecule has 0 saturated carbocycles. The molecule has 0 bridgehead atoms. The number of hydrogen-bond donors (Lipinski definition) is 0. The third-order valence-corrected chi connectivity index (χ3v) is 7.97. The van der Waals surface area contributed by atoms with Crippen LogP contribution in [-0.2, 0) is 28.9 Å². The second-order valence-electron chi connectivity index (χ2n) is 11.9. The van der Waals surface area contributed by atoms with Crippen molar-refractivity contribution in [2.75, 3.05) is 38.3 Å². The van der Waals surface area contributed by atoms with Crippen molar-refractivity contribution in [3.05, 3.63) is 58.9 Å². The molecule has 0 N–H and O–H groups in total. The fraction of sp³-hybridized carbons (Fsp3) is 0.600. The van der Waals surface area contributed by atoms with Crippen LogP contribution in [0.5, 0.6) is 0 Å². The number of pyridine rings is 1. The van der Waals surface area contributed by atoms with Crippen molar-refractivity contribution in [1.29, 1.82) is 0 Å². The highest BCUT2D eigenvalue weighted by atomic mass is 16.6. The number of ether oxygens (including phenoxy) is 2. The molecule has 7 heteroatoms. The van der Waals surface area contributed by atoms with Gasteiger partial charge in [-0.2, -0.15) is 0 Å². The third-order valence-electron chi connectivity index (χ3n) is 7.97. The van der Waals surface area contributed by atoms with E-state index >= 15 is 0 Å². The number of aryl methyl sites for hydroxylation is 1. The summed E-state index contributed by atoms with van der Waals surface area (Å²) in [5, 5.41) is 0. The van der Waals surface area contributed by atoms with Crippen LogP contribution in [-0.4, -0.2) is 71.9 Å². The maximum atomic E-state index is 13.5. The maximum absolute atomic E-state index is 13.5. The molecule has 1 amide bonds. The number of aromatic nitrogens is 1. The van der Waals surface area contributed by atoms with Crippen LogP contribution >= 0.6 is 0 Å². The van der Waals surface area contributed by atoms with Crippen LogP contribution in [0.1, 0.15) is 69.0 Å². The molecule has 1 saturated heterocycles. The van der Waals surface area contributed by atoms with Crippen molar-refractivity contribution in [3.63, 3.8) is 0 Å². The van der Waals surface area contributed by atoms with Crippen molar-refractivity contribution < 1.29 is 14.3 Å². The number of benzene rings is 1. The average Bonchev–Trinajstić information content (AvgIpc) is 2.87. The summed E-state index contributed by atoms with van der Waals surface area (Å²) in [5.74, 6) is 0. The molecular formula is C30H42N4O3. The van der Waals surface area contributed by atoms with Gasteiger partial charge in [0.25, 0.3) is 0 Å². The summed E-state index contributed by atoms with van der Waals surface area (Å²) in [7, 11) is 2.19. The molecule has 0 spiro atoms. The largest absolute Gasteiger partial charge is 0.444 e. The van der Waals surface area contributed by atoms with Crippen LogP contribution in [0.2, 0.25) is 0 Å². The molecule has 3 atom stereocenters. The van der Waals surface area contributed by atoms with Gasteiger partial charge in [0.05, 0.1) is 31.0 Å². The molecular weight excluding hydrogens is 464 g/mol. The summed E-state index contributed by atoms with van der Waals surface area (Å²) in [6.45, 7) is 11.8. The standard InChI is InChI=1S/C30H42N4O3/c1-21-20-36-16-15-33(21)26-12-7-10-23-18-34(29(35)37-30(2,3)4)24(17-25(23)26)19-32(5)27-13-6-9-22-11-8-14-31-28(22)27/h7-8,10-12,14,21,24,27H,6,9,13,15-20H2,1-5H3/t21-,24?,27-/m0/s1. The van der Waals surface area contributed by atoms with Crippen LogP contribution in [0.4, 0.5) is 10.5 Å². The Balaban J connectivity index is 1.45. The number of fused-ring (bicyclic) bond motifs is 2. The van der Waals surface area contributed by atoms with E-state index in [9.17, 15) is 4.79 Å². The van der Waals surface area contributed by atoms with E-state index in [0.29, 0.717) is 12.6 Å². The van der Waals surface area contributed by atoms with Crippen molar-refractivity contribution in [1.82, 2.24) is 14.8 Å². The quantitative estimate of drug-likeness (QED) is 0.583. The van der Waals surface area contributed by atoms with Gasteiger partial charge in [-0.05, 0) is 89.2 Å². The number of carbonyl (C=O) groups excluding carboxylic acids is 1. The molecule has 1 fully saturated rings. The Labute approximate surface area is 221 Å². The van der Waals surface area contributed by atoms with E-state index in [1.165, 1.54) is 28.1 Å². The first-order valence-corrected chi connectivity index (χ1v) is 13.8. The Morgan fingerprint density at radius 2 is 2.03 bits per heavy atom. The number of rotatable bonds is 4. The number of carbonyl (C=O) groups is 1. The Kier molecular flexibility index (Phi) is 7.46. The lowest BCUT2D eigenvalue weighted by molar-refractivity contribution is 0.00644. The first-order valence-electron chi connectivity index (χ1n) is 13.8. The van der Waals surface area contributed by atoms with Crippen LogP contribution < -0.4 is 4.90 Å². The van der Waals surface area contributed by atoms with Crippen LogP contribution in [0.3, 0.4) is 0 Å². The highest BCUT2D eigenvalue weighted by molar-refractivity contribution is 5.70. The molecule has 1 unspecified atom stereocenters. The van der Waals surface area contributed by atoms with E-state index < -0.39 is 5.60 Å². The van der Waals surface area contributed by atoms with E-state index in [0.717, 1.165) is 52.0 Å². The molecule has 1 aromatic heterocycles. The summed E-state index contributed by atoms with van der Waals surface area (Å²) < 4.78 is 11.6. The van der Waals surface area contributed by atoms with Crippen LogP contribution in [0.15, 0.2) is 36.5 Å². The fourth-order valence-corrected chi connectivity index (χ4v) is 6.19. The first kappa shape index (κ1) is 26.0. The Morgan fingerprint density at radius 1 is 1.22 bits per heavy atom. The lowest BCUT2D eigenvalue weighted by Gasteiger charge is -2.43. The highest BCUT2D eigenvalue weighted by Crippen LogP contribution is 2.36. The van der Waals surface area contributed by atoms with Gasteiger partial charge in [0.1, 0.15) is 5.60 Å². The zero-order valence-corrected chi connectivity index (χ0v) is 23.1. The van der Waals surface area contributed by atoms with E-state index in [1.54, 1.807) is 0 Å². The molecule has 5 rings (SSSR count). The Morgan fingerprint density at radius 3 is 2.81 bits per heavy atom. The number of hydrogen-bond acceptors (Lipinski definition) is 6. The van der Waals surface area contributed by atoms with E-state index in [2.05, 4.69) is 48.0 Å². The second kappa shape index (κ2) is 10.6. The Bertz CT molecular complexity index is 1110. The van der Waals surface area contributed by atoms with Gasteiger partial charge in [-0.1, -0.05) is 18.2 Å². The SMILES string of the molecule is C[C@H]1COCCN1c1cccc2c1CC(CN(C)[C@H]1CCCc3cccnc31)N(C(=O)OC(C)(C)C)C2. The van der Waals surface area contributed by atoms with Crippen molar-refractivity contribution >= 4 is 11.8 Å². The molecule has 1 aromatic carbocycles. The monoisotopic (exact) mass is 506 g/mol. The van der Waals surface area contributed by atoms with Crippen molar-refractivity contribution in [2.24, 2.45) is 0 Å². The fourth-order valence-electron chi connectivity index (χ4n) is 6.19. The van der Waals surface area contributed by atoms with E-state index in [1.807, 2.05) is 37.9 Å².